The van der Waals surface area contributed by atoms with E-state index in [1.165, 1.54) is 7.11 Å². The molecule has 0 saturated carbocycles. The lowest BCUT2D eigenvalue weighted by Crippen LogP contribution is -2.38. The lowest BCUT2D eigenvalue weighted by molar-refractivity contribution is -0.120. The van der Waals surface area contributed by atoms with Crippen LogP contribution in [0, 0.1) is 5.92 Å². The van der Waals surface area contributed by atoms with Gasteiger partial charge in [0.2, 0.25) is 5.91 Å². The average molecular weight is 406 g/mol. The van der Waals surface area contributed by atoms with Gasteiger partial charge in [-0.2, -0.15) is 0 Å². The van der Waals surface area contributed by atoms with Gasteiger partial charge in [-0.3, -0.25) is 9.36 Å². The minimum Gasteiger partial charge on any atom is -0.465 e. The van der Waals surface area contributed by atoms with Crippen molar-refractivity contribution in [3.63, 3.8) is 0 Å². The van der Waals surface area contributed by atoms with E-state index in [1.807, 2.05) is 16.8 Å². The van der Waals surface area contributed by atoms with Gasteiger partial charge in [-0.25, -0.2) is 19.7 Å². The van der Waals surface area contributed by atoms with E-state index in [-0.39, 0.29) is 11.8 Å². The highest BCUT2D eigenvalue weighted by Gasteiger charge is 2.26. The normalized spacial score (nSPS) is 14.4. The lowest BCUT2D eigenvalue weighted by Gasteiger charge is -2.32. The van der Waals surface area contributed by atoms with Crippen LogP contribution in [0.5, 0.6) is 0 Å². The predicted molar refractivity (Wildman–Crippen MR) is 111 cm³/mol. The summed E-state index contributed by atoms with van der Waals surface area (Å²) in [7, 11) is 1.34. The number of rotatable bonds is 5. The second-order valence-electron chi connectivity index (χ2n) is 7.02. The summed E-state index contributed by atoms with van der Waals surface area (Å²) >= 11 is 0. The predicted octanol–water partition coefficient (Wildman–Crippen LogP) is 2.30. The minimum atomic E-state index is -0.402. The van der Waals surface area contributed by atoms with Crippen LogP contribution >= 0.6 is 0 Å². The molecule has 1 saturated heterocycles. The molecule has 1 aromatic carbocycles. The quantitative estimate of drug-likeness (QED) is 0.649. The summed E-state index contributed by atoms with van der Waals surface area (Å²) in [6.45, 7) is 1.47. The fraction of sp³-hybridized carbons (Fsp3) is 0.286. The third-order valence-electron chi connectivity index (χ3n) is 5.17. The van der Waals surface area contributed by atoms with Gasteiger partial charge in [0.25, 0.3) is 0 Å². The molecule has 9 heteroatoms. The number of ether oxygens (including phenoxy) is 1. The standard InChI is InChI=1S/C21H22N6O3/c1-30-21(29)16-2-4-17(5-3-16)25-20(28)15-6-9-26(10-7-15)18-12-19(24-13-23-18)27-11-8-22-14-27/h2-5,8,11-15H,6-7,9-10H2,1H3,(H,25,28). The van der Waals surface area contributed by atoms with Crippen molar-refractivity contribution in [1.82, 2.24) is 19.5 Å². The number of hydrogen-bond acceptors (Lipinski definition) is 7. The zero-order chi connectivity index (χ0) is 20.9. The molecule has 1 N–H and O–H groups in total. The molecule has 30 heavy (non-hydrogen) atoms. The number of methoxy groups -OCH3 is 1. The van der Waals surface area contributed by atoms with Crippen LogP contribution in [0.4, 0.5) is 11.5 Å². The van der Waals surface area contributed by atoms with Gasteiger partial charge in [-0.05, 0) is 37.1 Å². The minimum absolute atomic E-state index is 0.0118. The number of esters is 1. The van der Waals surface area contributed by atoms with Crippen molar-refractivity contribution >= 4 is 23.4 Å². The molecule has 4 rings (SSSR count). The monoisotopic (exact) mass is 406 g/mol. The van der Waals surface area contributed by atoms with Crippen molar-refractivity contribution in [3.8, 4) is 5.82 Å². The smallest absolute Gasteiger partial charge is 0.337 e. The molecule has 0 bridgehead atoms. The number of imidazole rings is 1. The number of carbonyl (C=O) groups excluding carboxylic acids is 2. The molecule has 0 atom stereocenters. The molecule has 0 aliphatic carbocycles. The molecule has 1 amide bonds. The summed E-state index contributed by atoms with van der Waals surface area (Å²) in [4.78, 5) is 39.0. The first-order chi connectivity index (χ1) is 14.6. The van der Waals surface area contributed by atoms with E-state index < -0.39 is 5.97 Å². The molecule has 2 aromatic heterocycles. The van der Waals surface area contributed by atoms with Gasteiger partial charge >= 0.3 is 5.97 Å². The maximum absolute atomic E-state index is 12.6. The van der Waals surface area contributed by atoms with E-state index in [4.69, 9.17) is 0 Å². The number of nitrogens with one attached hydrogen (secondary N) is 1. The highest BCUT2D eigenvalue weighted by Crippen LogP contribution is 2.24. The van der Waals surface area contributed by atoms with Crippen LogP contribution in [-0.2, 0) is 9.53 Å². The van der Waals surface area contributed by atoms with Crippen LogP contribution in [-0.4, -0.2) is 51.6 Å². The first-order valence-electron chi connectivity index (χ1n) is 9.68. The molecule has 0 spiro atoms. The van der Waals surface area contributed by atoms with Gasteiger partial charge in [-0.15, -0.1) is 0 Å². The summed E-state index contributed by atoms with van der Waals surface area (Å²) in [5.74, 6) is 1.11. The van der Waals surface area contributed by atoms with Crippen LogP contribution in [0.25, 0.3) is 5.82 Å². The first-order valence-corrected chi connectivity index (χ1v) is 9.68. The second-order valence-corrected chi connectivity index (χ2v) is 7.02. The molecule has 3 heterocycles. The number of hydrogen-bond donors (Lipinski definition) is 1. The van der Waals surface area contributed by atoms with Gasteiger partial charge in [0.05, 0.1) is 12.7 Å². The van der Waals surface area contributed by atoms with Gasteiger partial charge in [0.1, 0.15) is 24.3 Å². The number of nitrogens with zero attached hydrogens (tertiary/aromatic N) is 5. The molecule has 0 unspecified atom stereocenters. The van der Waals surface area contributed by atoms with Crippen molar-refractivity contribution in [2.24, 2.45) is 5.92 Å². The van der Waals surface area contributed by atoms with Crippen molar-refractivity contribution in [3.05, 3.63) is 60.9 Å². The highest BCUT2D eigenvalue weighted by atomic mass is 16.5. The van der Waals surface area contributed by atoms with E-state index in [2.05, 4.69) is 29.9 Å². The molecule has 1 aliphatic heterocycles. The Morgan fingerprint density at radius 1 is 1.10 bits per heavy atom. The summed E-state index contributed by atoms with van der Waals surface area (Å²) in [6, 6.07) is 8.61. The van der Waals surface area contributed by atoms with Crippen molar-refractivity contribution < 1.29 is 14.3 Å². The Hall–Kier alpha value is -3.75. The van der Waals surface area contributed by atoms with E-state index in [0.717, 1.165) is 37.6 Å². The fourth-order valence-corrected chi connectivity index (χ4v) is 3.47. The Bertz CT molecular complexity index is 1010. The summed E-state index contributed by atoms with van der Waals surface area (Å²) < 4.78 is 6.51. The van der Waals surface area contributed by atoms with Crippen LogP contribution in [0.3, 0.4) is 0 Å². The first kappa shape index (κ1) is 19.6. The average Bonchev–Trinajstić information content (AvgIpc) is 3.34. The van der Waals surface area contributed by atoms with E-state index in [0.29, 0.717) is 11.3 Å². The Morgan fingerprint density at radius 2 is 1.83 bits per heavy atom. The van der Waals surface area contributed by atoms with Crippen LogP contribution in [0.15, 0.2) is 55.4 Å². The van der Waals surface area contributed by atoms with Crippen molar-refractivity contribution in [2.75, 3.05) is 30.4 Å². The summed E-state index contributed by atoms with van der Waals surface area (Å²) in [6.07, 6.45) is 8.24. The number of benzene rings is 1. The second kappa shape index (κ2) is 8.73. The molecule has 1 aliphatic rings. The van der Waals surface area contributed by atoms with Gasteiger partial charge in [-0.1, -0.05) is 0 Å². The van der Waals surface area contributed by atoms with Gasteiger partial charge < -0.3 is 15.0 Å². The highest BCUT2D eigenvalue weighted by molar-refractivity contribution is 5.94. The summed E-state index contributed by atoms with van der Waals surface area (Å²) in [5, 5.41) is 2.93. The largest absolute Gasteiger partial charge is 0.465 e. The fourth-order valence-electron chi connectivity index (χ4n) is 3.47. The SMILES string of the molecule is COC(=O)c1ccc(NC(=O)C2CCN(c3cc(-n4ccnc4)ncn3)CC2)cc1. The maximum atomic E-state index is 12.6. The van der Waals surface area contributed by atoms with Crippen LogP contribution in [0.1, 0.15) is 23.2 Å². The number of carbonyl (C=O) groups is 2. The summed E-state index contributed by atoms with van der Waals surface area (Å²) in [5.41, 5.74) is 1.11. The van der Waals surface area contributed by atoms with Gasteiger partial charge in [0, 0.05) is 43.2 Å². The van der Waals surface area contributed by atoms with E-state index in [9.17, 15) is 9.59 Å². The zero-order valence-electron chi connectivity index (χ0n) is 16.6. The molecular formula is C21H22N6O3. The molecule has 154 valence electrons. The van der Waals surface area contributed by atoms with Crippen molar-refractivity contribution in [2.45, 2.75) is 12.8 Å². The molecule has 3 aromatic rings. The van der Waals surface area contributed by atoms with Gasteiger partial charge in [0.15, 0.2) is 0 Å². The van der Waals surface area contributed by atoms with Crippen LogP contribution < -0.4 is 10.2 Å². The Labute approximate surface area is 173 Å². The maximum Gasteiger partial charge on any atom is 0.337 e. The Balaban J connectivity index is 1.34. The topological polar surface area (TPSA) is 102 Å². The number of piperidine rings is 1. The Kier molecular flexibility index (Phi) is 5.69. The lowest BCUT2D eigenvalue weighted by atomic mass is 9.95. The van der Waals surface area contributed by atoms with Crippen LogP contribution in [0.2, 0.25) is 0 Å². The number of anilines is 2. The van der Waals surface area contributed by atoms with Crippen molar-refractivity contribution in [1.29, 1.82) is 0 Å². The molecular weight excluding hydrogens is 384 g/mol. The number of aromatic nitrogens is 4. The van der Waals surface area contributed by atoms with E-state index in [1.54, 1.807) is 43.1 Å². The Morgan fingerprint density at radius 3 is 2.50 bits per heavy atom. The molecule has 0 radical (unpaired) electrons. The third kappa shape index (κ3) is 4.29. The molecule has 1 fully saturated rings. The van der Waals surface area contributed by atoms with E-state index >= 15 is 0 Å². The number of amides is 1. The molecule has 9 nitrogen and oxygen atoms in total. The third-order valence-corrected chi connectivity index (χ3v) is 5.17. The zero-order valence-corrected chi connectivity index (χ0v) is 16.6.